The molecule has 0 amide bonds. The van der Waals surface area contributed by atoms with Crippen LogP contribution < -0.4 is 0 Å². The fraction of sp³-hybridized carbons (Fsp3) is 0.364. The number of carbonyl (C=O) groups is 1. The second-order valence-corrected chi connectivity index (χ2v) is 3.75. The Morgan fingerprint density at radius 3 is 2.87 bits per heavy atom. The van der Waals surface area contributed by atoms with Crippen LogP contribution in [0.25, 0.3) is 0 Å². The van der Waals surface area contributed by atoms with E-state index in [1.165, 1.54) is 7.11 Å². The molecule has 15 heavy (non-hydrogen) atoms. The van der Waals surface area contributed by atoms with Crippen LogP contribution in [0, 0.1) is 6.92 Å². The summed E-state index contributed by atoms with van der Waals surface area (Å²) < 4.78 is 4.42. The summed E-state index contributed by atoms with van der Waals surface area (Å²) in [6.45, 7) is 1.92. The first kappa shape index (κ1) is 12.0. The number of hydrogen-bond donors (Lipinski definition) is 1. The van der Waals surface area contributed by atoms with Crippen molar-refractivity contribution in [3.63, 3.8) is 0 Å². The molecule has 0 aromatic heterocycles. The summed E-state index contributed by atoms with van der Waals surface area (Å²) in [5, 5.41) is 10.00. The highest BCUT2D eigenvalue weighted by Gasteiger charge is 2.17. The third-order valence-corrected chi connectivity index (χ3v) is 2.46. The van der Waals surface area contributed by atoms with Gasteiger partial charge in [-0.25, -0.2) is 4.79 Å². The second kappa shape index (κ2) is 5.14. The lowest BCUT2D eigenvalue weighted by Crippen LogP contribution is -2.24. The zero-order chi connectivity index (χ0) is 11.4. The molecule has 0 fully saturated rings. The summed E-state index contributed by atoms with van der Waals surface area (Å²) in [5.74, 6) is -0.646. The topological polar surface area (TPSA) is 46.5 Å². The molecule has 0 radical (unpaired) electrons. The van der Waals surface area contributed by atoms with E-state index in [0.29, 0.717) is 5.02 Å². The van der Waals surface area contributed by atoms with Crippen LogP contribution in [0.15, 0.2) is 18.2 Å². The van der Waals surface area contributed by atoms with Crippen LogP contribution in [-0.4, -0.2) is 24.3 Å². The maximum absolute atomic E-state index is 11.0. The van der Waals surface area contributed by atoms with E-state index in [4.69, 9.17) is 11.6 Å². The number of hydrogen-bond acceptors (Lipinski definition) is 3. The molecule has 1 aromatic carbocycles. The lowest BCUT2D eigenvalue weighted by molar-refractivity contribution is -0.150. The first-order valence-electron chi connectivity index (χ1n) is 4.55. The highest BCUT2D eigenvalue weighted by Crippen LogP contribution is 2.19. The summed E-state index contributed by atoms with van der Waals surface area (Å²) in [6.07, 6.45) is -0.984. The second-order valence-electron chi connectivity index (χ2n) is 3.34. The van der Waals surface area contributed by atoms with E-state index in [2.05, 4.69) is 4.74 Å². The molecule has 1 aromatic rings. The highest BCUT2D eigenvalue weighted by atomic mass is 35.5. The van der Waals surface area contributed by atoms with Crippen molar-refractivity contribution < 1.29 is 14.6 Å². The molecule has 82 valence electrons. The predicted octanol–water partition coefficient (Wildman–Crippen LogP) is 1.72. The van der Waals surface area contributed by atoms with Crippen molar-refractivity contribution in [3.8, 4) is 0 Å². The Bertz CT molecular complexity index is 363. The fourth-order valence-electron chi connectivity index (χ4n) is 1.29. The minimum absolute atomic E-state index is 0.174. The van der Waals surface area contributed by atoms with E-state index >= 15 is 0 Å². The lowest BCUT2D eigenvalue weighted by atomic mass is 10.1. The van der Waals surface area contributed by atoms with Gasteiger partial charge in [0.25, 0.3) is 0 Å². The van der Waals surface area contributed by atoms with Gasteiger partial charge in [-0.3, -0.25) is 0 Å². The number of aliphatic hydroxyl groups excluding tert-OH is 1. The van der Waals surface area contributed by atoms with E-state index in [1.807, 2.05) is 19.1 Å². The smallest absolute Gasteiger partial charge is 0.335 e. The van der Waals surface area contributed by atoms with Crippen LogP contribution in [0.1, 0.15) is 11.1 Å². The minimum Gasteiger partial charge on any atom is -0.467 e. The Labute approximate surface area is 93.6 Å². The van der Waals surface area contributed by atoms with Crippen molar-refractivity contribution in [2.45, 2.75) is 19.4 Å². The molecule has 1 N–H and O–H groups in total. The Morgan fingerprint density at radius 1 is 1.60 bits per heavy atom. The maximum atomic E-state index is 11.0. The zero-order valence-corrected chi connectivity index (χ0v) is 9.41. The summed E-state index contributed by atoms with van der Waals surface area (Å²) in [5.41, 5.74) is 1.78. The third kappa shape index (κ3) is 3.22. The number of benzene rings is 1. The fourth-order valence-corrected chi connectivity index (χ4v) is 1.48. The summed E-state index contributed by atoms with van der Waals surface area (Å²) in [7, 11) is 1.24. The van der Waals surface area contributed by atoms with Crippen LogP contribution >= 0.6 is 11.6 Å². The Kier molecular flexibility index (Phi) is 4.12. The van der Waals surface area contributed by atoms with E-state index in [9.17, 15) is 9.90 Å². The average molecular weight is 229 g/mol. The standard InChI is InChI=1S/C11H13ClO3/c1-7-3-4-9(12)8(5-7)6-10(13)11(14)15-2/h3-5,10,13H,6H2,1-2H3. The van der Waals surface area contributed by atoms with Gasteiger partial charge in [0.15, 0.2) is 6.10 Å². The molecule has 0 saturated heterocycles. The van der Waals surface area contributed by atoms with Crippen molar-refractivity contribution in [3.05, 3.63) is 34.3 Å². The number of methoxy groups -OCH3 is 1. The van der Waals surface area contributed by atoms with Gasteiger partial charge < -0.3 is 9.84 Å². The summed E-state index contributed by atoms with van der Waals surface area (Å²) >= 11 is 5.92. The first-order chi connectivity index (χ1) is 7.04. The van der Waals surface area contributed by atoms with Crippen molar-refractivity contribution >= 4 is 17.6 Å². The van der Waals surface area contributed by atoms with Gasteiger partial charge in [0.05, 0.1) is 7.11 Å². The first-order valence-corrected chi connectivity index (χ1v) is 4.93. The van der Waals surface area contributed by atoms with Crippen LogP contribution in [0.4, 0.5) is 0 Å². The van der Waals surface area contributed by atoms with E-state index < -0.39 is 12.1 Å². The Morgan fingerprint density at radius 2 is 2.27 bits per heavy atom. The molecule has 0 aliphatic rings. The van der Waals surface area contributed by atoms with Gasteiger partial charge in [-0.05, 0) is 18.6 Å². The number of ether oxygens (including phenoxy) is 1. The van der Waals surface area contributed by atoms with Crippen LogP contribution in [-0.2, 0) is 16.0 Å². The molecule has 1 unspecified atom stereocenters. The van der Waals surface area contributed by atoms with Gasteiger partial charge in [0.2, 0.25) is 0 Å². The normalized spacial score (nSPS) is 12.3. The van der Waals surface area contributed by atoms with Crippen LogP contribution in [0.5, 0.6) is 0 Å². The number of aryl methyl sites for hydroxylation is 1. The molecular formula is C11H13ClO3. The Hall–Kier alpha value is -1.06. The van der Waals surface area contributed by atoms with Crippen molar-refractivity contribution in [1.29, 1.82) is 0 Å². The molecule has 0 saturated carbocycles. The van der Waals surface area contributed by atoms with E-state index in [0.717, 1.165) is 11.1 Å². The minimum atomic E-state index is -1.16. The molecule has 3 nitrogen and oxygen atoms in total. The zero-order valence-electron chi connectivity index (χ0n) is 8.66. The average Bonchev–Trinajstić information content (AvgIpc) is 2.22. The molecule has 0 heterocycles. The van der Waals surface area contributed by atoms with Gasteiger partial charge >= 0.3 is 5.97 Å². The number of esters is 1. The van der Waals surface area contributed by atoms with E-state index in [-0.39, 0.29) is 6.42 Å². The van der Waals surface area contributed by atoms with Gasteiger partial charge in [0.1, 0.15) is 0 Å². The number of aliphatic hydroxyl groups is 1. The molecule has 1 atom stereocenters. The van der Waals surface area contributed by atoms with Gasteiger partial charge in [-0.15, -0.1) is 0 Å². The number of halogens is 1. The largest absolute Gasteiger partial charge is 0.467 e. The van der Waals surface area contributed by atoms with Crippen molar-refractivity contribution in [2.24, 2.45) is 0 Å². The molecule has 0 spiro atoms. The van der Waals surface area contributed by atoms with Crippen LogP contribution in [0.3, 0.4) is 0 Å². The molecule has 0 bridgehead atoms. The highest BCUT2D eigenvalue weighted by molar-refractivity contribution is 6.31. The monoisotopic (exact) mass is 228 g/mol. The van der Waals surface area contributed by atoms with Crippen molar-refractivity contribution in [2.75, 3.05) is 7.11 Å². The molecular weight excluding hydrogens is 216 g/mol. The molecule has 0 aliphatic carbocycles. The third-order valence-electron chi connectivity index (χ3n) is 2.09. The molecule has 1 rings (SSSR count). The number of rotatable bonds is 3. The van der Waals surface area contributed by atoms with Gasteiger partial charge in [-0.1, -0.05) is 29.3 Å². The maximum Gasteiger partial charge on any atom is 0.335 e. The Balaban J connectivity index is 2.80. The SMILES string of the molecule is COC(=O)C(O)Cc1cc(C)ccc1Cl. The van der Waals surface area contributed by atoms with Crippen molar-refractivity contribution in [1.82, 2.24) is 0 Å². The van der Waals surface area contributed by atoms with Gasteiger partial charge in [-0.2, -0.15) is 0 Å². The molecule has 0 aliphatic heterocycles. The predicted molar refractivity (Wildman–Crippen MR) is 57.9 cm³/mol. The van der Waals surface area contributed by atoms with Gasteiger partial charge in [0, 0.05) is 11.4 Å². The lowest BCUT2D eigenvalue weighted by Gasteiger charge is -2.10. The summed E-state index contributed by atoms with van der Waals surface area (Å²) in [6, 6.07) is 5.46. The van der Waals surface area contributed by atoms with Crippen LogP contribution in [0.2, 0.25) is 5.02 Å². The van der Waals surface area contributed by atoms with E-state index in [1.54, 1.807) is 6.07 Å². The number of carbonyl (C=O) groups excluding carboxylic acids is 1. The summed E-state index contributed by atoms with van der Waals surface area (Å²) in [4.78, 5) is 11.0. The molecule has 4 heteroatoms. The quantitative estimate of drug-likeness (QED) is 0.802.